The lowest BCUT2D eigenvalue weighted by atomic mass is 10.0. The molecule has 0 unspecified atom stereocenters. The second-order valence-corrected chi connectivity index (χ2v) is 10.3. The zero-order valence-electron chi connectivity index (χ0n) is 21.0. The van der Waals surface area contributed by atoms with Crippen LogP contribution in [0.25, 0.3) is 21.7 Å². The van der Waals surface area contributed by atoms with E-state index in [4.69, 9.17) is 0 Å². The minimum absolute atomic E-state index is 0.0786. The second kappa shape index (κ2) is 10.5. The number of rotatable bonds is 8. The molecule has 1 fully saturated rings. The third-order valence-electron chi connectivity index (χ3n) is 7.03. The first-order valence-corrected chi connectivity index (χ1v) is 12.8. The molecule has 0 spiro atoms. The number of carbonyl (C=O) groups is 2. The summed E-state index contributed by atoms with van der Waals surface area (Å²) < 4.78 is 0. The molecule has 6 heteroatoms. The van der Waals surface area contributed by atoms with Crippen LogP contribution in [-0.4, -0.2) is 46.9 Å². The molecule has 1 aromatic heterocycles. The molecule has 186 valence electrons. The Kier molecular flexibility index (Phi) is 7.05. The van der Waals surface area contributed by atoms with E-state index in [-0.39, 0.29) is 23.8 Å². The quantitative estimate of drug-likeness (QED) is 0.336. The van der Waals surface area contributed by atoms with Gasteiger partial charge in [0.1, 0.15) is 6.04 Å². The highest BCUT2D eigenvalue weighted by Crippen LogP contribution is 2.22. The average molecular weight is 483 g/mol. The molecule has 4 aromatic rings. The maximum atomic E-state index is 13.3. The van der Waals surface area contributed by atoms with Crippen molar-refractivity contribution in [3.05, 3.63) is 84.1 Å². The predicted molar refractivity (Wildman–Crippen MR) is 145 cm³/mol. The maximum absolute atomic E-state index is 13.3. The Morgan fingerprint density at radius 1 is 1.03 bits per heavy atom. The van der Waals surface area contributed by atoms with Gasteiger partial charge >= 0.3 is 0 Å². The molecule has 0 bridgehead atoms. The number of aromatic nitrogens is 1. The average Bonchev–Trinajstić information content (AvgIpc) is 3.50. The summed E-state index contributed by atoms with van der Waals surface area (Å²) >= 11 is 0. The second-order valence-electron chi connectivity index (χ2n) is 10.3. The van der Waals surface area contributed by atoms with Crippen molar-refractivity contribution >= 4 is 33.5 Å². The number of nitrogens with zero attached hydrogens (tertiary/aromatic N) is 1. The molecular weight excluding hydrogens is 448 g/mol. The molecule has 5 rings (SSSR count). The van der Waals surface area contributed by atoms with Gasteiger partial charge in [-0.15, -0.1) is 0 Å². The molecule has 0 saturated carbocycles. The first kappa shape index (κ1) is 24.1. The van der Waals surface area contributed by atoms with Gasteiger partial charge in [0.25, 0.3) is 5.91 Å². The van der Waals surface area contributed by atoms with Gasteiger partial charge in [-0.2, -0.15) is 0 Å². The molecule has 0 radical (unpaired) electrons. The molecule has 2 heterocycles. The van der Waals surface area contributed by atoms with E-state index in [0.29, 0.717) is 12.0 Å². The van der Waals surface area contributed by atoms with E-state index in [9.17, 15) is 9.59 Å². The van der Waals surface area contributed by atoms with Crippen molar-refractivity contribution in [1.82, 2.24) is 20.5 Å². The van der Waals surface area contributed by atoms with Crippen LogP contribution in [0.5, 0.6) is 0 Å². The highest BCUT2D eigenvalue weighted by atomic mass is 16.2. The minimum atomic E-state index is -0.563. The van der Waals surface area contributed by atoms with Crippen LogP contribution >= 0.6 is 0 Å². The molecule has 1 aliphatic rings. The fraction of sp³-hybridized carbons (Fsp3) is 0.333. The lowest BCUT2D eigenvalue weighted by Crippen LogP contribution is -2.50. The van der Waals surface area contributed by atoms with E-state index in [1.165, 1.54) is 10.9 Å². The molecule has 1 aliphatic heterocycles. The summed E-state index contributed by atoms with van der Waals surface area (Å²) in [5.74, 6) is -0.0367. The summed E-state index contributed by atoms with van der Waals surface area (Å²) in [5, 5.41) is 9.56. The lowest BCUT2D eigenvalue weighted by Gasteiger charge is -2.23. The zero-order chi connectivity index (χ0) is 25.1. The number of benzene rings is 3. The summed E-state index contributed by atoms with van der Waals surface area (Å²) in [6.45, 7) is 6.73. The van der Waals surface area contributed by atoms with Crippen molar-refractivity contribution in [2.45, 2.75) is 45.3 Å². The smallest absolute Gasteiger partial charge is 0.251 e. The van der Waals surface area contributed by atoms with Crippen molar-refractivity contribution in [3.63, 3.8) is 0 Å². The maximum Gasteiger partial charge on any atom is 0.251 e. The van der Waals surface area contributed by atoms with E-state index in [1.54, 1.807) is 0 Å². The van der Waals surface area contributed by atoms with Gasteiger partial charge in [0.2, 0.25) is 5.91 Å². The zero-order valence-corrected chi connectivity index (χ0v) is 21.0. The van der Waals surface area contributed by atoms with Crippen LogP contribution in [0.15, 0.2) is 72.9 Å². The molecule has 2 amide bonds. The van der Waals surface area contributed by atoms with Crippen molar-refractivity contribution in [1.29, 1.82) is 0 Å². The summed E-state index contributed by atoms with van der Waals surface area (Å²) in [6, 6.07) is 21.5. The number of aromatic amines is 1. The van der Waals surface area contributed by atoms with Crippen LogP contribution in [0.3, 0.4) is 0 Å². The largest absolute Gasteiger partial charge is 0.361 e. The van der Waals surface area contributed by atoms with Crippen molar-refractivity contribution in [2.75, 3.05) is 13.1 Å². The highest BCUT2D eigenvalue weighted by Gasteiger charge is 2.29. The van der Waals surface area contributed by atoms with Gasteiger partial charge < -0.3 is 15.6 Å². The van der Waals surface area contributed by atoms with Gasteiger partial charge in [0.15, 0.2) is 0 Å². The molecular formula is C30H34N4O2. The van der Waals surface area contributed by atoms with Crippen LogP contribution < -0.4 is 10.6 Å². The Morgan fingerprint density at radius 2 is 1.81 bits per heavy atom. The highest BCUT2D eigenvalue weighted by molar-refractivity contribution is 6.00. The van der Waals surface area contributed by atoms with Crippen molar-refractivity contribution < 1.29 is 9.59 Å². The Balaban J connectivity index is 1.20. The fourth-order valence-corrected chi connectivity index (χ4v) is 5.17. The summed E-state index contributed by atoms with van der Waals surface area (Å²) in [5.41, 5.74) is 2.99. The standard InChI is InChI=1S/C30H34N4O2/c1-20(2)15-28(33-29(35)23-12-11-21-7-3-4-8-22(21)16-23)30(36)32-25-13-14-34(19-25)18-24-17-31-27-10-6-5-9-26(24)27/h3-12,16-17,20,25,28,31H,13-15,18-19H2,1-2H3,(H,32,36)(H,33,35)/t25-,28-/m0/s1. The molecule has 36 heavy (non-hydrogen) atoms. The number of hydrogen-bond donors (Lipinski definition) is 3. The molecule has 3 N–H and O–H groups in total. The fourth-order valence-electron chi connectivity index (χ4n) is 5.17. The van der Waals surface area contributed by atoms with Crippen LogP contribution in [0.2, 0.25) is 0 Å². The van der Waals surface area contributed by atoms with E-state index >= 15 is 0 Å². The third kappa shape index (κ3) is 5.44. The normalized spacial score (nSPS) is 17.0. The van der Waals surface area contributed by atoms with Gasteiger partial charge in [0.05, 0.1) is 0 Å². The molecule has 1 saturated heterocycles. The van der Waals surface area contributed by atoms with Crippen LogP contribution in [-0.2, 0) is 11.3 Å². The topological polar surface area (TPSA) is 77.2 Å². The number of para-hydroxylation sites is 1. The number of amides is 2. The monoisotopic (exact) mass is 482 g/mol. The van der Waals surface area contributed by atoms with Gasteiger partial charge in [-0.05, 0) is 53.3 Å². The minimum Gasteiger partial charge on any atom is -0.361 e. The number of nitrogens with one attached hydrogen (secondary N) is 3. The van der Waals surface area contributed by atoms with E-state index in [0.717, 1.165) is 42.3 Å². The van der Waals surface area contributed by atoms with Crippen LogP contribution in [0.4, 0.5) is 0 Å². The first-order valence-electron chi connectivity index (χ1n) is 12.8. The summed E-state index contributed by atoms with van der Waals surface area (Å²) in [6.07, 6.45) is 3.58. The SMILES string of the molecule is CC(C)C[C@H](NC(=O)c1ccc2ccccc2c1)C(=O)N[C@H]1CCN(Cc2c[nH]c3ccccc23)C1. The number of H-pyrrole nitrogens is 1. The Hall–Kier alpha value is -3.64. The third-order valence-corrected chi connectivity index (χ3v) is 7.03. The Labute approximate surface area is 212 Å². The van der Waals surface area contributed by atoms with Crippen LogP contribution in [0.1, 0.15) is 42.6 Å². The summed E-state index contributed by atoms with van der Waals surface area (Å²) in [4.78, 5) is 32.0. The number of hydrogen-bond acceptors (Lipinski definition) is 3. The Morgan fingerprint density at radius 3 is 2.64 bits per heavy atom. The van der Waals surface area contributed by atoms with Gasteiger partial charge in [0, 0.05) is 48.3 Å². The predicted octanol–water partition coefficient (Wildman–Crippen LogP) is 4.86. The molecule has 3 aromatic carbocycles. The van der Waals surface area contributed by atoms with Gasteiger partial charge in [-0.1, -0.05) is 62.4 Å². The lowest BCUT2D eigenvalue weighted by molar-refractivity contribution is -0.124. The number of carbonyl (C=O) groups excluding carboxylic acids is 2. The number of likely N-dealkylation sites (tertiary alicyclic amines) is 1. The van der Waals surface area contributed by atoms with Gasteiger partial charge in [-0.3, -0.25) is 14.5 Å². The molecule has 0 aliphatic carbocycles. The van der Waals surface area contributed by atoms with E-state index in [2.05, 4.69) is 58.8 Å². The number of fused-ring (bicyclic) bond motifs is 2. The van der Waals surface area contributed by atoms with Gasteiger partial charge in [-0.25, -0.2) is 0 Å². The first-order chi connectivity index (χ1) is 17.5. The Bertz CT molecular complexity index is 1380. The van der Waals surface area contributed by atoms with E-state index in [1.807, 2.05) is 48.5 Å². The molecule has 6 nitrogen and oxygen atoms in total. The van der Waals surface area contributed by atoms with Crippen molar-refractivity contribution in [3.8, 4) is 0 Å². The molecule has 2 atom stereocenters. The summed E-state index contributed by atoms with van der Waals surface area (Å²) in [7, 11) is 0. The van der Waals surface area contributed by atoms with Crippen molar-refractivity contribution in [2.24, 2.45) is 5.92 Å². The van der Waals surface area contributed by atoms with E-state index < -0.39 is 6.04 Å². The van der Waals surface area contributed by atoms with Crippen LogP contribution in [0, 0.1) is 5.92 Å².